The summed E-state index contributed by atoms with van der Waals surface area (Å²) in [5.41, 5.74) is -0.111. The standard InChI is InChI=1S/C16H33N3O5S/c1-18-5-3-16(4-6-18,19-7-9-23-10-8-19)15-17-25(20,21)14-13-24-12-11-22-2/h17H,3-15H2,1-2H3. The van der Waals surface area contributed by atoms with Gasteiger partial charge in [0.05, 0.1) is 38.8 Å². The normalized spacial score (nSPS) is 23.0. The first-order valence-corrected chi connectivity index (χ1v) is 10.7. The Hall–Kier alpha value is -0.290. The van der Waals surface area contributed by atoms with Crippen molar-refractivity contribution >= 4 is 10.0 Å². The molecule has 0 unspecified atom stereocenters. The van der Waals surface area contributed by atoms with Crippen LogP contribution in [0, 0.1) is 0 Å². The van der Waals surface area contributed by atoms with E-state index in [0.717, 1.165) is 52.2 Å². The molecule has 2 heterocycles. The van der Waals surface area contributed by atoms with Gasteiger partial charge in [-0.2, -0.15) is 0 Å². The number of ether oxygens (including phenoxy) is 3. The quantitative estimate of drug-likeness (QED) is 0.506. The van der Waals surface area contributed by atoms with E-state index in [0.29, 0.717) is 19.8 Å². The minimum atomic E-state index is -3.35. The maximum Gasteiger partial charge on any atom is 0.213 e. The van der Waals surface area contributed by atoms with Crippen molar-refractivity contribution in [3.8, 4) is 0 Å². The molecule has 2 saturated heterocycles. The van der Waals surface area contributed by atoms with Gasteiger partial charge >= 0.3 is 0 Å². The molecule has 8 nitrogen and oxygen atoms in total. The van der Waals surface area contributed by atoms with E-state index >= 15 is 0 Å². The Morgan fingerprint density at radius 3 is 2.40 bits per heavy atom. The summed E-state index contributed by atoms with van der Waals surface area (Å²) in [7, 11) is 0.362. The van der Waals surface area contributed by atoms with Crippen LogP contribution in [0.1, 0.15) is 12.8 Å². The number of morpholine rings is 1. The maximum atomic E-state index is 12.3. The summed E-state index contributed by atoms with van der Waals surface area (Å²) in [5.74, 6) is -0.0180. The van der Waals surface area contributed by atoms with Crippen molar-refractivity contribution in [3.63, 3.8) is 0 Å². The maximum absolute atomic E-state index is 12.3. The molecule has 0 bridgehead atoms. The number of nitrogens with zero attached hydrogens (tertiary/aromatic N) is 2. The van der Waals surface area contributed by atoms with Crippen LogP contribution in [0.3, 0.4) is 0 Å². The van der Waals surface area contributed by atoms with Crippen molar-refractivity contribution < 1.29 is 22.6 Å². The number of rotatable bonds is 10. The summed E-state index contributed by atoms with van der Waals surface area (Å²) < 4.78 is 43.1. The third-order valence-corrected chi connectivity index (χ3v) is 6.44. The Labute approximate surface area is 151 Å². The highest BCUT2D eigenvalue weighted by molar-refractivity contribution is 7.89. The fourth-order valence-corrected chi connectivity index (χ4v) is 4.38. The van der Waals surface area contributed by atoms with Gasteiger partial charge in [0.2, 0.25) is 10.0 Å². The molecule has 0 aromatic heterocycles. The third-order valence-electron chi connectivity index (χ3n) is 5.15. The molecule has 1 N–H and O–H groups in total. The first kappa shape index (κ1) is 21.0. The molecule has 148 valence electrons. The smallest absolute Gasteiger partial charge is 0.213 e. The molecule has 2 aliphatic rings. The summed E-state index contributed by atoms with van der Waals surface area (Å²) in [6.45, 7) is 6.68. The van der Waals surface area contributed by atoms with Gasteiger partial charge in [-0.15, -0.1) is 0 Å². The Morgan fingerprint density at radius 1 is 1.08 bits per heavy atom. The molecule has 0 saturated carbocycles. The molecule has 25 heavy (non-hydrogen) atoms. The van der Waals surface area contributed by atoms with Gasteiger partial charge in [0, 0.05) is 32.3 Å². The monoisotopic (exact) mass is 379 g/mol. The van der Waals surface area contributed by atoms with E-state index in [1.807, 2.05) is 0 Å². The van der Waals surface area contributed by atoms with E-state index in [1.165, 1.54) is 0 Å². The fourth-order valence-electron chi connectivity index (χ4n) is 3.41. The average Bonchev–Trinajstić information content (AvgIpc) is 2.62. The number of likely N-dealkylation sites (tertiary alicyclic amines) is 1. The molecule has 2 rings (SSSR count). The zero-order chi connectivity index (χ0) is 18.2. The second-order valence-electron chi connectivity index (χ2n) is 6.87. The molecule has 0 aromatic rings. The fraction of sp³-hybridized carbons (Fsp3) is 1.00. The lowest BCUT2D eigenvalue weighted by atomic mass is 9.85. The number of hydrogen-bond acceptors (Lipinski definition) is 7. The number of sulfonamides is 1. The van der Waals surface area contributed by atoms with Crippen LogP contribution in [0.5, 0.6) is 0 Å². The summed E-state index contributed by atoms with van der Waals surface area (Å²) in [6.07, 6.45) is 1.94. The van der Waals surface area contributed by atoms with Crippen molar-refractivity contribution in [2.45, 2.75) is 18.4 Å². The van der Waals surface area contributed by atoms with Gasteiger partial charge in [-0.25, -0.2) is 13.1 Å². The SMILES string of the molecule is COCCOCCS(=O)(=O)NCC1(N2CCOCC2)CCN(C)CC1. The first-order chi connectivity index (χ1) is 12.0. The van der Waals surface area contributed by atoms with Gasteiger partial charge < -0.3 is 19.1 Å². The van der Waals surface area contributed by atoms with Crippen molar-refractivity contribution in [1.29, 1.82) is 0 Å². The molecule has 0 aliphatic carbocycles. The van der Waals surface area contributed by atoms with E-state index in [-0.39, 0.29) is 17.9 Å². The number of hydrogen-bond donors (Lipinski definition) is 1. The van der Waals surface area contributed by atoms with Crippen LogP contribution in [0.15, 0.2) is 0 Å². The van der Waals surface area contributed by atoms with Crippen LogP contribution in [-0.4, -0.2) is 109 Å². The predicted molar refractivity (Wildman–Crippen MR) is 96.3 cm³/mol. The highest BCUT2D eigenvalue weighted by Crippen LogP contribution is 2.29. The molecular weight excluding hydrogens is 346 g/mol. The second-order valence-corrected chi connectivity index (χ2v) is 8.80. The van der Waals surface area contributed by atoms with Crippen molar-refractivity contribution in [2.24, 2.45) is 0 Å². The molecule has 0 spiro atoms. The van der Waals surface area contributed by atoms with Crippen LogP contribution in [0.25, 0.3) is 0 Å². The minimum absolute atomic E-state index is 0.0180. The van der Waals surface area contributed by atoms with Gasteiger partial charge in [-0.1, -0.05) is 0 Å². The van der Waals surface area contributed by atoms with Crippen molar-refractivity contribution in [3.05, 3.63) is 0 Å². The van der Waals surface area contributed by atoms with Crippen LogP contribution in [0.4, 0.5) is 0 Å². The highest BCUT2D eigenvalue weighted by Gasteiger charge is 2.40. The second kappa shape index (κ2) is 10.1. The Kier molecular flexibility index (Phi) is 8.53. The van der Waals surface area contributed by atoms with Crippen molar-refractivity contribution in [1.82, 2.24) is 14.5 Å². The van der Waals surface area contributed by atoms with Gasteiger partial charge in [0.25, 0.3) is 0 Å². The average molecular weight is 380 g/mol. The van der Waals surface area contributed by atoms with E-state index in [4.69, 9.17) is 14.2 Å². The Balaban J connectivity index is 1.88. The zero-order valence-corrected chi connectivity index (χ0v) is 16.4. The molecule has 9 heteroatoms. The lowest BCUT2D eigenvalue weighted by Gasteiger charge is -2.49. The topological polar surface area (TPSA) is 80.3 Å². The van der Waals surface area contributed by atoms with Crippen LogP contribution >= 0.6 is 0 Å². The lowest BCUT2D eigenvalue weighted by molar-refractivity contribution is -0.0427. The minimum Gasteiger partial charge on any atom is -0.382 e. The van der Waals surface area contributed by atoms with Gasteiger partial charge in [0.15, 0.2) is 0 Å². The van der Waals surface area contributed by atoms with E-state index < -0.39 is 10.0 Å². The summed E-state index contributed by atoms with van der Waals surface area (Å²) in [6, 6.07) is 0. The van der Waals surface area contributed by atoms with E-state index in [9.17, 15) is 8.42 Å². The summed E-state index contributed by atoms with van der Waals surface area (Å²) >= 11 is 0. The highest BCUT2D eigenvalue weighted by atomic mass is 32.2. The molecule has 0 atom stereocenters. The third kappa shape index (κ3) is 6.74. The van der Waals surface area contributed by atoms with Gasteiger partial charge in [-0.3, -0.25) is 4.90 Å². The van der Waals surface area contributed by atoms with Crippen LogP contribution < -0.4 is 4.72 Å². The van der Waals surface area contributed by atoms with E-state index in [2.05, 4.69) is 21.6 Å². The predicted octanol–water partition coefficient (Wildman–Crippen LogP) is -0.635. The van der Waals surface area contributed by atoms with Crippen LogP contribution in [0.2, 0.25) is 0 Å². The first-order valence-electron chi connectivity index (χ1n) is 9.03. The van der Waals surface area contributed by atoms with Gasteiger partial charge in [0.1, 0.15) is 0 Å². The molecule has 2 fully saturated rings. The Morgan fingerprint density at radius 2 is 1.76 bits per heavy atom. The number of piperidine rings is 1. The van der Waals surface area contributed by atoms with Gasteiger partial charge in [-0.05, 0) is 33.0 Å². The molecule has 0 aromatic carbocycles. The molecule has 0 amide bonds. The lowest BCUT2D eigenvalue weighted by Crippen LogP contribution is -2.62. The molecule has 0 radical (unpaired) electrons. The largest absolute Gasteiger partial charge is 0.382 e. The van der Waals surface area contributed by atoms with E-state index in [1.54, 1.807) is 7.11 Å². The van der Waals surface area contributed by atoms with Crippen molar-refractivity contribution in [2.75, 3.05) is 85.7 Å². The summed E-state index contributed by atoms with van der Waals surface area (Å²) in [5, 5.41) is 0. The number of methoxy groups -OCH3 is 1. The number of nitrogens with one attached hydrogen (secondary N) is 1. The summed E-state index contributed by atoms with van der Waals surface area (Å²) in [4.78, 5) is 4.72. The zero-order valence-electron chi connectivity index (χ0n) is 15.5. The molecular formula is C16H33N3O5S. The Bertz CT molecular complexity index is 474. The molecule has 2 aliphatic heterocycles. The van der Waals surface area contributed by atoms with Crippen LogP contribution in [-0.2, 0) is 24.2 Å².